The molecule has 0 atom stereocenters. The summed E-state index contributed by atoms with van der Waals surface area (Å²) in [5.74, 6) is 1.35. The number of carbonyl (C=O) groups excluding carboxylic acids is 1. The molecule has 0 spiro atoms. The Kier molecular flexibility index (Phi) is 4.83. The number of esters is 1. The van der Waals surface area contributed by atoms with Crippen LogP contribution in [0.1, 0.15) is 49.4 Å². The molecule has 0 aliphatic heterocycles. The first-order valence-corrected chi connectivity index (χ1v) is 7.08. The van der Waals surface area contributed by atoms with Crippen LogP contribution in [0.15, 0.2) is 24.3 Å². The summed E-state index contributed by atoms with van der Waals surface area (Å²) >= 11 is 0. The van der Waals surface area contributed by atoms with Gasteiger partial charge in [0, 0.05) is 0 Å². The normalized spacial score (nSPS) is 22.8. The van der Waals surface area contributed by atoms with E-state index in [1.165, 1.54) is 19.3 Å². The second-order valence-electron chi connectivity index (χ2n) is 5.18. The van der Waals surface area contributed by atoms with Gasteiger partial charge in [0.05, 0.1) is 12.7 Å². The fourth-order valence-corrected chi connectivity index (χ4v) is 2.60. The van der Waals surface area contributed by atoms with E-state index < -0.39 is 0 Å². The molecule has 2 rings (SSSR count). The van der Waals surface area contributed by atoms with Crippen molar-refractivity contribution < 1.29 is 14.3 Å². The maximum Gasteiger partial charge on any atom is 0.338 e. The fourth-order valence-electron chi connectivity index (χ4n) is 2.60. The zero-order valence-corrected chi connectivity index (χ0v) is 11.7. The van der Waals surface area contributed by atoms with Crippen molar-refractivity contribution in [2.75, 3.05) is 7.11 Å². The first kappa shape index (κ1) is 13.9. The lowest BCUT2D eigenvalue weighted by Gasteiger charge is -2.27. The second kappa shape index (κ2) is 6.60. The molecule has 0 amide bonds. The van der Waals surface area contributed by atoms with Gasteiger partial charge in [-0.3, -0.25) is 0 Å². The average molecular weight is 262 g/mol. The van der Waals surface area contributed by atoms with E-state index in [2.05, 4.69) is 6.92 Å². The van der Waals surface area contributed by atoms with Gasteiger partial charge in [0.25, 0.3) is 0 Å². The van der Waals surface area contributed by atoms with Crippen LogP contribution in [0.2, 0.25) is 0 Å². The predicted molar refractivity (Wildman–Crippen MR) is 74.4 cm³/mol. The molecule has 19 heavy (non-hydrogen) atoms. The molecular weight excluding hydrogens is 240 g/mol. The Hall–Kier alpha value is -1.51. The molecule has 1 aliphatic rings. The molecule has 0 radical (unpaired) electrons. The van der Waals surface area contributed by atoms with Crippen molar-refractivity contribution in [3.8, 4) is 5.75 Å². The van der Waals surface area contributed by atoms with E-state index in [1.807, 2.05) is 0 Å². The zero-order valence-electron chi connectivity index (χ0n) is 11.7. The van der Waals surface area contributed by atoms with Crippen LogP contribution in [-0.2, 0) is 4.74 Å². The van der Waals surface area contributed by atoms with Gasteiger partial charge < -0.3 is 9.47 Å². The third-order valence-electron chi connectivity index (χ3n) is 3.97. The molecule has 1 aromatic rings. The molecule has 1 aromatic carbocycles. The summed E-state index contributed by atoms with van der Waals surface area (Å²) in [7, 11) is 1.61. The Balaban J connectivity index is 1.87. The molecule has 1 saturated carbocycles. The van der Waals surface area contributed by atoms with Crippen molar-refractivity contribution >= 4 is 5.97 Å². The van der Waals surface area contributed by atoms with Crippen LogP contribution in [-0.4, -0.2) is 19.2 Å². The Labute approximate surface area is 114 Å². The minimum atomic E-state index is -0.220. The number of hydrogen-bond donors (Lipinski definition) is 0. The van der Waals surface area contributed by atoms with Crippen molar-refractivity contribution in [3.63, 3.8) is 0 Å². The standard InChI is InChI=1S/C16H22O3/c1-3-12-4-8-15(9-5-12)19-16(17)13-6-10-14(18-2)11-7-13/h6-7,10-12,15H,3-5,8-9H2,1-2H3. The highest BCUT2D eigenvalue weighted by Crippen LogP contribution is 2.28. The average Bonchev–Trinajstić information content (AvgIpc) is 2.48. The van der Waals surface area contributed by atoms with Gasteiger partial charge >= 0.3 is 5.97 Å². The van der Waals surface area contributed by atoms with E-state index in [9.17, 15) is 4.79 Å². The third kappa shape index (κ3) is 3.72. The van der Waals surface area contributed by atoms with Crippen molar-refractivity contribution in [2.24, 2.45) is 5.92 Å². The third-order valence-corrected chi connectivity index (χ3v) is 3.97. The highest BCUT2D eigenvalue weighted by Gasteiger charge is 2.23. The molecule has 104 valence electrons. The lowest BCUT2D eigenvalue weighted by molar-refractivity contribution is 0.0164. The van der Waals surface area contributed by atoms with Crippen molar-refractivity contribution in [3.05, 3.63) is 29.8 Å². The lowest BCUT2D eigenvalue weighted by atomic mass is 9.86. The van der Waals surface area contributed by atoms with E-state index in [0.29, 0.717) is 5.56 Å². The maximum absolute atomic E-state index is 12.0. The smallest absolute Gasteiger partial charge is 0.338 e. The Morgan fingerprint density at radius 1 is 1.16 bits per heavy atom. The summed E-state index contributed by atoms with van der Waals surface area (Å²) in [6, 6.07) is 7.06. The van der Waals surface area contributed by atoms with Crippen LogP contribution in [0.4, 0.5) is 0 Å². The molecule has 0 N–H and O–H groups in total. The number of methoxy groups -OCH3 is 1. The summed E-state index contributed by atoms with van der Waals surface area (Å²) in [4.78, 5) is 12.0. The SMILES string of the molecule is CCC1CCC(OC(=O)c2ccc(OC)cc2)CC1. The number of ether oxygens (including phenoxy) is 2. The van der Waals surface area contributed by atoms with E-state index in [0.717, 1.165) is 24.5 Å². The minimum Gasteiger partial charge on any atom is -0.497 e. The van der Waals surface area contributed by atoms with Gasteiger partial charge in [-0.1, -0.05) is 13.3 Å². The van der Waals surface area contributed by atoms with Crippen LogP contribution < -0.4 is 4.74 Å². The topological polar surface area (TPSA) is 35.5 Å². The van der Waals surface area contributed by atoms with Gasteiger partial charge in [-0.2, -0.15) is 0 Å². The van der Waals surface area contributed by atoms with Crippen molar-refractivity contribution in [1.29, 1.82) is 0 Å². The number of hydrogen-bond acceptors (Lipinski definition) is 3. The van der Waals surface area contributed by atoms with E-state index in [1.54, 1.807) is 31.4 Å². The molecule has 0 saturated heterocycles. The zero-order chi connectivity index (χ0) is 13.7. The van der Waals surface area contributed by atoms with Gasteiger partial charge in [-0.05, 0) is 55.9 Å². The van der Waals surface area contributed by atoms with Crippen LogP contribution in [0.3, 0.4) is 0 Å². The molecular formula is C16H22O3. The quantitative estimate of drug-likeness (QED) is 0.774. The van der Waals surface area contributed by atoms with Gasteiger partial charge in [0.15, 0.2) is 0 Å². The molecule has 1 fully saturated rings. The lowest BCUT2D eigenvalue weighted by Crippen LogP contribution is -2.24. The fraction of sp³-hybridized carbons (Fsp3) is 0.562. The summed E-state index contributed by atoms with van der Waals surface area (Å²) in [5.41, 5.74) is 0.596. The highest BCUT2D eigenvalue weighted by atomic mass is 16.5. The van der Waals surface area contributed by atoms with Crippen LogP contribution in [0.5, 0.6) is 5.75 Å². The molecule has 3 nitrogen and oxygen atoms in total. The van der Waals surface area contributed by atoms with E-state index >= 15 is 0 Å². The Morgan fingerprint density at radius 3 is 2.32 bits per heavy atom. The van der Waals surface area contributed by atoms with Crippen molar-refractivity contribution in [2.45, 2.75) is 45.1 Å². The van der Waals surface area contributed by atoms with E-state index in [-0.39, 0.29) is 12.1 Å². The van der Waals surface area contributed by atoms with Gasteiger partial charge in [0.1, 0.15) is 11.9 Å². The molecule has 0 bridgehead atoms. The number of rotatable bonds is 4. The second-order valence-corrected chi connectivity index (χ2v) is 5.18. The molecule has 0 heterocycles. The van der Waals surface area contributed by atoms with Crippen LogP contribution >= 0.6 is 0 Å². The largest absolute Gasteiger partial charge is 0.497 e. The highest BCUT2D eigenvalue weighted by molar-refractivity contribution is 5.89. The van der Waals surface area contributed by atoms with Crippen LogP contribution in [0, 0.1) is 5.92 Å². The van der Waals surface area contributed by atoms with Gasteiger partial charge in [-0.25, -0.2) is 4.79 Å². The summed E-state index contributed by atoms with van der Waals surface area (Å²) in [6.45, 7) is 2.23. The number of benzene rings is 1. The van der Waals surface area contributed by atoms with E-state index in [4.69, 9.17) is 9.47 Å². The van der Waals surface area contributed by atoms with Gasteiger partial charge in [-0.15, -0.1) is 0 Å². The van der Waals surface area contributed by atoms with Gasteiger partial charge in [0.2, 0.25) is 0 Å². The maximum atomic E-state index is 12.0. The Morgan fingerprint density at radius 2 is 1.79 bits per heavy atom. The monoisotopic (exact) mass is 262 g/mol. The Bertz CT molecular complexity index is 403. The van der Waals surface area contributed by atoms with Crippen LogP contribution in [0.25, 0.3) is 0 Å². The number of carbonyl (C=O) groups is 1. The molecule has 1 aliphatic carbocycles. The first-order valence-electron chi connectivity index (χ1n) is 7.08. The molecule has 3 heteroatoms. The molecule has 0 unspecified atom stereocenters. The summed E-state index contributed by atoms with van der Waals surface area (Å²) in [5, 5.41) is 0. The minimum absolute atomic E-state index is 0.0948. The first-order chi connectivity index (χ1) is 9.22. The predicted octanol–water partition coefficient (Wildman–Crippen LogP) is 3.82. The van der Waals surface area contributed by atoms with Crippen molar-refractivity contribution in [1.82, 2.24) is 0 Å². The summed E-state index contributed by atoms with van der Waals surface area (Å²) in [6.07, 6.45) is 5.69. The summed E-state index contributed by atoms with van der Waals surface area (Å²) < 4.78 is 10.6. The molecule has 0 aromatic heterocycles.